The molecule has 0 unspecified atom stereocenters. The van der Waals surface area contributed by atoms with Crippen LogP contribution in [0.1, 0.15) is 27.2 Å². The molecule has 3 rings (SSSR count). The van der Waals surface area contributed by atoms with Crippen LogP contribution in [0.25, 0.3) is 0 Å². The maximum Gasteiger partial charge on any atom is 0.253 e. The normalized spacial score (nSPS) is 10.8. The molecule has 0 spiro atoms. The van der Waals surface area contributed by atoms with Gasteiger partial charge in [0.15, 0.2) is 0 Å². The Morgan fingerprint density at radius 2 is 1.96 bits per heavy atom. The lowest BCUT2D eigenvalue weighted by atomic mass is 10.1. The zero-order valence-corrected chi connectivity index (χ0v) is 18.3. The summed E-state index contributed by atoms with van der Waals surface area (Å²) in [6.45, 7) is 2.83. The maximum atomic E-state index is 12.7. The second-order valence-electron chi connectivity index (χ2n) is 6.62. The molecule has 0 saturated heterocycles. The molecule has 0 atom stereocenters. The lowest BCUT2D eigenvalue weighted by molar-refractivity contribution is 0.0781. The number of hydrogen-bond acceptors (Lipinski definition) is 3. The van der Waals surface area contributed by atoms with Crippen LogP contribution in [-0.2, 0) is 20.2 Å². The second-order valence-corrected chi connectivity index (χ2v) is 7.88. The Morgan fingerprint density at radius 1 is 1.25 bits per heavy atom. The van der Waals surface area contributed by atoms with Gasteiger partial charge in [0, 0.05) is 24.7 Å². The molecule has 5 nitrogen and oxygen atoms in total. The van der Waals surface area contributed by atoms with Crippen LogP contribution in [0.5, 0.6) is 5.75 Å². The van der Waals surface area contributed by atoms with Crippen LogP contribution < -0.4 is 4.74 Å². The van der Waals surface area contributed by atoms with E-state index >= 15 is 0 Å². The van der Waals surface area contributed by atoms with E-state index in [-0.39, 0.29) is 5.91 Å². The molecule has 0 aliphatic carbocycles. The van der Waals surface area contributed by atoms with Crippen LogP contribution in [0.3, 0.4) is 0 Å². The summed E-state index contributed by atoms with van der Waals surface area (Å²) in [6.07, 6.45) is 1.73. The Kier molecular flexibility index (Phi) is 6.42. The van der Waals surface area contributed by atoms with Gasteiger partial charge in [0.1, 0.15) is 12.4 Å². The van der Waals surface area contributed by atoms with Gasteiger partial charge in [-0.25, -0.2) is 0 Å². The van der Waals surface area contributed by atoms with Gasteiger partial charge in [0.2, 0.25) is 0 Å². The molecular formula is C21H21BrClN3O2. The number of hydrogen-bond donors (Lipinski definition) is 0. The monoisotopic (exact) mass is 461 g/mol. The van der Waals surface area contributed by atoms with Crippen LogP contribution in [0.15, 0.2) is 53.1 Å². The van der Waals surface area contributed by atoms with Crippen molar-refractivity contribution in [2.24, 2.45) is 7.05 Å². The maximum absolute atomic E-state index is 12.7. The zero-order valence-electron chi connectivity index (χ0n) is 15.9. The lowest BCUT2D eigenvalue weighted by Gasteiger charge is -2.18. The van der Waals surface area contributed by atoms with Crippen LogP contribution in [0.4, 0.5) is 0 Å². The van der Waals surface area contributed by atoms with E-state index in [0.717, 1.165) is 32.1 Å². The van der Waals surface area contributed by atoms with E-state index in [1.165, 1.54) is 0 Å². The molecule has 1 aromatic heterocycles. The number of amides is 1. The van der Waals surface area contributed by atoms with Gasteiger partial charge < -0.3 is 9.64 Å². The van der Waals surface area contributed by atoms with Crippen LogP contribution in [0.2, 0.25) is 5.02 Å². The number of ether oxygens (including phenoxy) is 1. The SMILES string of the molecule is Cc1cc(OCc2ccc(C(=O)N(C)Cc3c(Br)cnn3C)cc2)ccc1Cl. The summed E-state index contributed by atoms with van der Waals surface area (Å²) < 4.78 is 8.45. The fourth-order valence-electron chi connectivity index (χ4n) is 2.75. The quantitative estimate of drug-likeness (QED) is 0.518. The minimum atomic E-state index is -0.0473. The number of nitrogens with zero attached hydrogens (tertiary/aromatic N) is 3. The van der Waals surface area contributed by atoms with E-state index in [1.807, 2.05) is 56.4 Å². The van der Waals surface area contributed by atoms with Crippen LogP contribution in [-0.4, -0.2) is 27.6 Å². The van der Waals surface area contributed by atoms with Gasteiger partial charge in [-0.2, -0.15) is 5.10 Å². The molecule has 3 aromatic rings. The first kappa shape index (κ1) is 20.4. The first-order chi connectivity index (χ1) is 13.3. The van der Waals surface area contributed by atoms with Crippen LogP contribution >= 0.6 is 27.5 Å². The lowest BCUT2D eigenvalue weighted by Crippen LogP contribution is -2.27. The van der Waals surface area contributed by atoms with Crippen LogP contribution in [0, 0.1) is 6.92 Å². The van der Waals surface area contributed by atoms with E-state index in [1.54, 1.807) is 22.8 Å². The van der Waals surface area contributed by atoms with Gasteiger partial charge in [0.05, 0.1) is 22.9 Å². The Morgan fingerprint density at radius 3 is 2.57 bits per heavy atom. The Balaban J connectivity index is 1.61. The molecule has 28 heavy (non-hydrogen) atoms. The third-order valence-corrected chi connectivity index (χ3v) is 5.57. The van der Waals surface area contributed by atoms with Crippen molar-refractivity contribution in [1.82, 2.24) is 14.7 Å². The van der Waals surface area contributed by atoms with E-state index in [0.29, 0.717) is 18.7 Å². The standard InChI is InChI=1S/C21H21BrClN3O2/c1-14-10-17(8-9-19(14)23)28-13-15-4-6-16(7-5-15)21(27)25(2)12-20-18(22)11-24-26(20)3/h4-11H,12-13H2,1-3H3. The van der Waals surface area contributed by atoms with E-state index < -0.39 is 0 Å². The molecule has 1 heterocycles. The molecule has 146 valence electrons. The summed E-state index contributed by atoms with van der Waals surface area (Å²) >= 11 is 9.50. The highest BCUT2D eigenvalue weighted by Crippen LogP contribution is 2.22. The molecule has 1 amide bonds. The van der Waals surface area contributed by atoms with Gasteiger partial charge in [-0.1, -0.05) is 23.7 Å². The molecule has 0 saturated carbocycles. The molecule has 0 N–H and O–H groups in total. The number of carbonyl (C=O) groups is 1. The number of rotatable bonds is 6. The molecule has 0 fully saturated rings. The van der Waals surface area contributed by atoms with Crippen molar-refractivity contribution in [3.8, 4) is 5.75 Å². The van der Waals surface area contributed by atoms with Crippen molar-refractivity contribution in [1.29, 1.82) is 0 Å². The molecule has 0 radical (unpaired) electrons. The van der Waals surface area contributed by atoms with Crippen molar-refractivity contribution < 1.29 is 9.53 Å². The van der Waals surface area contributed by atoms with E-state index in [9.17, 15) is 4.79 Å². The third kappa shape index (κ3) is 4.75. The minimum absolute atomic E-state index is 0.0473. The first-order valence-electron chi connectivity index (χ1n) is 8.75. The zero-order chi connectivity index (χ0) is 20.3. The van der Waals surface area contributed by atoms with E-state index in [4.69, 9.17) is 16.3 Å². The number of aryl methyl sites for hydroxylation is 2. The Hall–Kier alpha value is -2.31. The average molecular weight is 463 g/mol. The molecule has 0 aliphatic heterocycles. The van der Waals surface area contributed by atoms with Gasteiger partial charge in [-0.15, -0.1) is 0 Å². The predicted octanol–water partition coefficient (Wildman–Crippen LogP) is 5.00. The van der Waals surface area contributed by atoms with Gasteiger partial charge >= 0.3 is 0 Å². The summed E-state index contributed by atoms with van der Waals surface area (Å²) in [5.74, 6) is 0.720. The Labute approximate surface area is 178 Å². The summed E-state index contributed by atoms with van der Waals surface area (Å²) in [5, 5.41) is 4.90. The topological polar surface area (TPSA) is 47.4 Å². The molecule has 0 bridgehead atoms. The molecule has 7 heteroatoms. The van der Waals surface area contributed by atoms with Gasteiger partial charge in [-0.05, 0) is 64.3 Å². The van der Waals surface area contributed by atoms with Crippen molar-refractivity contribution in [2.75, 3.05) is 7.05 Å². The highest BCUT2D eigenvalue weighted by atomic mass is 79.9. The van der Waals surface area contributed by atoms with E-state index in [2.05, 4.69) is 21.0 Å². The first-order valence-corrected chi connectivity index (χ1v) is 9.92. The second kappa shape index (κ2) is 8.80. The number of aromatic nitrogens is 2. The van der Waals surface area contributed by atoms with Crippen molar-refractivity contribution >= 4 is 33.4 Å². The Bertz CT molecular complexity index is 966. The minimum Gasteiger partial charge on any atom is -0.489 e. The summed E-state index contributed by atoms with van der Waals surface area (Å²) in [5.41, 5.74) is 3.54. The van der Waals surface area contributed by atoms with Crippen molar-refractivity contribution in [3.05, 3.63) is 80.5 Å². The van der Waals surface area contributed by atoms with Gasteiger partial charge in [0.25, 0.3) is 5.91 Å². The largest absolute Gasteiger partial charge is 0.489 e. The highest BCUT2D eigenvalue weighted by Gasteiger charge is 2.15. The number of carbonyl (C=O) groups excluding carboxylic acids is 1. The molecule has 2 aromatic carbocycles. The molecular weight excluding hydrogens is 442 g/mol. The third-order valence-electron chi connectivity index (χ3n) is 4.48. The summed E-state index contributed by atoms with van der Waals surface area (Å²) in [4.78, 5) is 14.4. The number of halogens is 2. The highest BCUT2D eigenvalue weighted by molar-refractivity contribution is 9.10. The fourth-order valence-corrected chi connectivity index (χ4v) is 3.34. The fraction of sp³-hybridized carbons (Fsp3) is 0.238. The summed E-state index contributed by atoms with van der Waals surface area (Å²) in [6, 6.07) is 13.0. The summed E-state index contributed by atoms with van der Waals surface area (Å²) in [7, 11) is 3.64. The van der Waals surface area contributed by atoms with Gasteiger partial charge in [-0.3, -0.25) is 9.48 Å². The van der Waals surface area contributed by atoms with Crippen molar-refractivity contribution in [3.63, 3.8) is 0 Å². The number of benzene rings is 2. The average Bonchev–Trinajstić information content (AvgIpc) is 3.00. The molecule has 0 aliphatic rings. The predicted molar refractivity (Wildman–Crippen MR) is 114 cm³/mol. The van der Waals surface area contributed by atoms with Crippen molar-refractivity contribution in [2.45, 2.75) is 20.1 Å². The smallest absolute Gasteiger partial charge is 0.253 e.